The molecule has 0 saturated carbocycles. The summed E-state index contributed by atoms with van der Waals surface area (Å²) >= 11 is 6.26. The number of carbonyl (C=O) groups is 1. The lowest BCUT2D eigenvalue weighted by molar-refractivity contribution is 0.0724. The van der Waals surface area contributed by atoms with E-state index >= 15 is 0 Å². The number of nitrogens with zero attached hydrogens (tertiary/aromatic N) is 3. The Labute approximate surface area is 178 Å². The van der Waals surface area contributed by atoms with Crippen LogP contribution in [0.1, 0.15) is 27.4 Å². The second-order valence-corrected chi connectivity index (χ2v) is 7.56. The minimum Gasteiger partial charge on any atom is -0.483 e. The van der Waals surface area contributed by atoms with Crippen molar-refractivity contribution in [2.45, 2.75) is 19.6 Å². The highest BCUT2D eigenvalue weighted by molar-refractivity contribution is 6.31. The molecule has 1 aliphatic rings. The maximum absolute atomic E-state index is 12.9. The minimum atomic E-state index is -0.164. The number of benzene rings is 2. The molecule has 0 radical (unpaired) electrons. The molecule has 0 spiro atoms. The summed E-state index contributed by atoms with van der Waals surface area (Å²) < 4.78 is 11.2. The van der Waals surface area contributed by atoms with Gasteiger partial charge in [0.05, 0.1) is 0 Å². The molecule has 1 amide bonds. The molecule has 0 aliphatic carbocycles. The Kier molecular flexibility index (Phi) is 4.85. The SMILES string of the molecule is O=C(c1cc(COc2cccc3cccnc23)on1)N1CCc2c(Cl)cccc2C1. The number of para-hydroxylation sites is 1. The molecule has 0 bridgehead atoms. The molecule has 0 saturated heterocycles. The van der Waals surface area contributed by atoms with Gasteiger partial charge in [0, 0.05) is 35.8 Å². The predicted molar refractivity (Wildman–Crippen MR) is 112 cm³/mol. The summed E-state index contributed by atoms with van der Waals surface area (Å²) in [5.41, 5.74) is 3.23. The van der Waals surface area contributed by atoms with Gasteiger partial charge in [-0.2, -0.15) is 0 Å². The Balaban J connectivity index is 1.28. The van der Waals surface area contributed by atoms with Crippen molar-refractivity contribution in [1.82, 2.24) is 15.0 Å². The van der Waals surface area contributed by atoms with Gasteiger partial charge in [0.1, 0.15) is 17.9 Å². The highest BCUT2D eigenvalue weighted by Gasteiger charge is 2.25. The zero-order valence-corrected chi connectivity index (χ0v) is 16.8. The summed E-state index contributed by atoms with van der Waals surface area (Å²) in [6.45, 7) is 1.26. The molecule has 0 atom stereocenters. The smallest absolute Gasteiger partial charge is 0.276 e. The van der Waals surface area contributed by atoms with Crippen LogP contribution in [0.2, 0.25) is 5.02 Å². The molecule has 30 heavy (non-hydrogen) atoms. The van der Waals surface area contributed by atoms with E-state index in [2.05, 4.69) is 10.1 Å². The van der Waals surface area contributed by atoms with Gasteiger partial charge >= 0.3 is 0 Å². The fraction of sp³-hybridized carbons (Fsp3) is 0.174. The van der Waals surface area contributed by atoms with Crippen LogP contribution in [0.25, 0.3) is 10.9 Å². The third kappa shape index (κ3) is 3.50. The zero-order chi connectivity index (χ0) is 20.5. The molecule has 0 fully saturated rings. The molecule has 1 aliphatic heterocycles. The maximum atomic E-state index is 12.9. The van der Waals surface area contributed by atoms with Gasteiger partial charge in [-0.15, -0.1) is 0 Å². The van der Waals surface area contributed by atoms with Crippen LogP contribution in [-0.4, -0.2) is 27.5 Å². The Bertz CT molecular complexity index is 1230. The van der Waals surface area contributed by atoms with Crippen molar-refractivity contribution in [3.8, 4) is 5.75 Å². The normalized spacial score (nSPS) is 13.3. The molecular weight excluding hydrogens is 402 g/mol. The summed E-state index contributed by atoms with van der Waals surface area (Å²) in [4.78, 5) is 19.0. The first kappa shape index (κ1) is 18.6. The van der Waals surface area contributed by atoms with Crippen LogP contribution in [0, 0.1) is 0 Å². The highest BCUT2D eigenvalue weighted by atomic mass is 35.5. The first-order valence-corrected chi connectivity index (χ1v) is 10.0. The van der Waals surface area contributed by atoms with Crippen molar-refractivity contribution in [3.63, 3.8) is 0 Å². The third-order valence-electron chi connectivity index (χ3n) is 5.24. The van der Waals surface area contributed by atoms with Gasteiger partial charge in [-0.3, -0.25) is 9.78 Å². The number of rotatable bonds is 4. The van der Waals surface area contributed by atoms with Gasteiger partial charge in [0.2, 0.25) is 0 Å². The molecule has 7 heteroatoms. The number of fused-ring (bicyclic) bond motifs is 2. The first-order valence-electron chi connectivity index (χ1n) is 9.67. The average molecular weight is 420 g/mol. The van der Waals surface area contributed by atoms with E-state index in [0.717, 1.165) is 33.5 Å². The van der Waals surface area contributed by atoms with Gasteiger partial charge in [0.15, 0.2) is 11.5 Å². The summed E-state index contributed by atoms with van der Waals surface area (Å²) in [6.07, 6.45) is 2.45. The second-order valence-electron chi connectivity index (χ2n) is 7.15. The lowest BCUT2D eigenvalue weighted by atomic mass is 9.99. The molecule has 0 N–H and O–H groups in total. The Morgan fingerprint density at radius 2 is 2.03 bits per heavy atom. The number of hydrogen-bond donors (Lipinski definition) is 0. The fourth-order valence-corrected chi connectivity index (χ4v) is 4.01. The van der Waals surface area contributed by atoms with Gasteiger partial charge in [-0.05, 0) is 35.7 Å². The van der Waals surface area contributed by atoms with E-state index in [-0.39, 0.29) is 18.2 Å². The number of pyridine rings is 1. The van der Waals surface area contributed by atoms with E-state index in [4.69, 9.17) is 20.9 Å². The average Bonchev–Trinajstić information content (AvgIpc) is 3.26. The maximum Gasteiger partial charge on any atom is 0.276 e. The Morgan fingerprint density at radius 3 is 2.97 bits per heavy atom. The first-order chi connectivity index (χ1) is 14.7. The van der Waals surface area contributed by atoms with Crippen LogP contribution >= 0.6 is 11.6 Å². The number of amides is 1. The van der Waals surface area contributed by atoms with Crippen LogP contribution in [-0.2, 0) is 19.6 Å². The quantitative estimate of drug-likeness (QED) is 0.481. The highest BCUT2D eigenvalue weighted by Crippen LogP contribution is 2.27. The molecule has 4 aromatic rings. The van der Waals surface area contributed by atoms with Crippen molar-refractivity contribution in [2.24, 2.45) is 0 Å². The molecule has 2 aromatic carbocycles. The van der Waals surface area contributed by atoms with Crippen molar-refractivity contribution in [2.75, 3.05) is 6.54 Å². The topological polar surface area (TPSA) is 68.5 Å². The molecule has 150 valence electrons. The zero-order valence-electron chi connectivity index (χ0n) is 16.0. The molecular formula is C23H18ClN3O3. The van der Waals surface area contributed by atoms with Crippen LogP contribution in [0.15, 0.2) is 65.3 Å². The number of ether oxygens (including phenoxy) is 1. The third-order valence-corrected chi connectivity index (χ3v) is 5.59. The van der Waals surface area contributed by atoms with E-state index in [9.17, 15) is 4.79 Å². The predicted octanol–water partition coefficient (Wildman–Crippen LogP) is 4.65. The number of hydrogen-bond acceptors (Lipinski definition) is 5. The van der Waals surface area contributed by atoms with Crippen LogP contribution in [0.3, 0.4) is 0 Å². The van der Waals surface area contributed by atoms with E-state index in [1.165, 1.54) is 0 Å². The number of aromatic nitrogens is 2. The van der Waals surface area contributed by atoms with E-state index in [1.54, 1.807) is 17.2 Å². The minimum absolute atomic E-state index is 0.161. The van der Waals surface area contributed by atoms with Gasteiger partial charge in [-0.25, -0.2) is 0 Å². The van der Waals surface area contributed by atoms with E-state index in [0.29, 0.717) is 24.6 Å². The Hall–Kier alpha value is -3.38. The largest absolute Gasteiger partial charge is 0.483 e. The van der Waals surface area contributed by atoms with Crippen molar-refractivity contribution < 1.29 is 14.1 Å². The molecule has 6 nitrogen and oxygen atoms in total. The van der Waals surface area contributed by atoms with E-state index in [1.807, 2.05) is 48.5 Å². The van der Waals surface area contributed by atoms with Crippen LogP contribution < -0.4 is 4.74 Å². The van der Waals surface area contributed by atoms with Gasteiger partial charge in [-0.1, -0.05) is 47.1 Å². The van der Waals surface area contributed by atoms with Crippen molar-refractivity contribution >= 4 is 28.4 Å². The standard InChI is InChI=1S/C23H18ClN3O3/c24-19-7-1-5-16-13-27(11-9-18(16)19)23(28)20-12-17(30-26-20)14-29-21-8-2-4-15-6-3-10-25-22(15)21/h1-8,10,12H,9,11,13-14H2. The fourth-order valence-electron chi connectivity index (χ4n) is 3.72. The van der Waals surface area contributed by atoms with Gasteiger partial charge in [0.25, 0.3) is 5.91 Å². The molecule has 5 rings (SSSR count). The van der Waals surface area contributed by atoms with Crippen molar-refractivity contribution in [3.05, 3.63) is 88.4 Å². The Morgan fingerprint density at radius 1 is 1.17 bits per heavy atom. The van der Waals surface area contributed by atoms with Crippen molar-refractivity contribution in [1.29, 1.82) is 0 Å². The molecule has 0 unspecified atom stereocenters. The molecule has 2 aromatic heterocycles. The monoisotopic (exact) mass is 419 g/mol. The van der Waals surface area contributed by atoms with Crippen LogP contribution in [0.4, 0.5) is 0 Å². The number of carbonyl (C=O) groups excluding carboxylic acids is 1. The lowest BCUT2D eigenvalue weighted by Gasteiger charge is -2.28. The lowest BCUT2D eigenvalue weighted by Crippen LogP contribution is -2.36. The molecule has 3 heterocycles. The number of halogens is 1. The summed E-state index contributed by atoms with van der Waals surface area (Å²) in [6, 6.07) is 17.0. The summed E-state index contributed by atoms with van der Waals surface area (Å²) in [5, 5.41) is 5.70. The van der Waals surface area contributed by atoms with Gasteiger partial charge < -0.3 is 14.2 Å². The van der Waals surface area contributed by atoms with Crippen LogP contribution in [0.5, 0.6) is 5.75 Å². The van der Waals surface area contributed by atoms with E-state index < -0.39 is 0 Å². The summed E-state index contributed by atoms with van der Waals surface area (Å²) in [5.74, 6) is 0.969. The second kappa shape index (κ2) is 7.80. The summed E-state index contributed by atoms with van der Waals surface area (Å²) in [7, 11) is 0.